The van der Waals surface area contributed by atoms with Gasteiger partial charge in [0.15, 0.2) is 9.84 Å². The molecule has 2 aliphatic heterocycles. The van der Waals surface area contributed by atoms with Gasteiger partial charge in [-0.3, -0.25) is 0 Å². The molecule has 0 aliphatic carbocycles. The Morgan fingerprint density at radius 2 is 2.10 bits per heavy atom. The van der Waals surface area contributed by atoms with E-state index in [-0.39, 0.29) is 11.3 Å². The van der Waals surface area contributed by atoms with Crippen LogP contribution in [-0.2, 0) is 16.3 Å². The number of sulfone groups is 1. The molecular weight excluding hydrogens is 272 g/mol. The second kappa shape index (κ2) is 5.37. The van der Waals surface area contributed by atoms with Crippen molar-refractivity contribution in [3.8, 4) is 0 Å². The normalized spacial score (nSPS) is 26.2. The largest absolute Gasteiger partial charge is 0.365 e. The molecule has 0 saturated carbocycles. The van der Waals surface area contributed by atoms with Gasteiger partial charge in [0.1, 0.15) is 0 Å². The molecule has 3 rings (SSSR count). The first kappa shape index (κ1) is 13.9. The van der Waals surface area contributed by atoms with Crippen LogP contribution >= 0.6 is 0 Å². The number of rotatable bonds is 3. The van der Waals surface area contributed by atoms with Crippen LogP contribution < -0.4 is 10.6 Å². The van der Waals surface area contributed by atoms with Crippen LogP contribution in [0.4, 0.5) is 5.69 Å². The van der Waals surface area contributed by atoms with Crippen LogP contribution in [0.3, 0.4) is 0 Å². The standard InChI is InChI=1S/C15H22N2O2S/c16-11-14(15-7-3-4-10-20(15,18)19)17-9-8-12-5-1-2-6-13(12)17/h1-2,5-6,14-15H,3-4,7-11,16H2. The number of nitrogens with zero attached hydrogens (tertiary/aromatic N) is 1. The molecule has 2 unspecified atom stereocenters. The van der Waals surface area contributed by atoms with Gasteiger partial charge in [0.05, 0.1) is 17.0 Å². The van der Waals surface area contributed by atoms with Crippen LogP contribution in [0.5, 0.6) is 0 Å². The minimum Gasteiger partial charge on any atom is -0.365 e. The van der Waals surface area contributed by atoms with Gasteiger partial charge in [-0.05, 0) is 30.9 Å². The molecule has 4 nitrogen and oxygen atoms in total. The molecule has 1 saturated heterocycles. The maximum atomic E-state index is 12.4. The highest BCUT2D eigenvalue weighted by atomic mass is 32.2. The predicted octanol–water partition coefficient (Wildman–Crippen LogP) is 1.34. The van der Waals surface area contributed by atoms with E-state index in [4.69, 9.17) is 5.73 Å². The van der Waals surface area contributed by atoms with Crippen LogP contribution in [0, 0.1) is 0 Å². The molecule has 1 aromatic carbocycles. The van der Waals surface area contributed by atoms with Crippen molar-refractivity contribution < 1.29 is 8.42 Å². The van der Waals surface area contributed by atoms with Gasteiger partial charge in [-0.25, -0.2) is 8.42 Å². The smallest absolute Gasteiger partial charge is 0.155 e. The Balaban J connectivity index is 1.91. The monoisotopic (exact) mass is 294 g/mol. The van der Waals surface area contributed by atoms with E-state index >= 15 is 0 Å². The maximum Gasteiger partial charge on any atom is 0.155 e. The second-order valence-corrected chi connectivity index (χ2v) is 8.12. The summed E-state index contributed by atoms with van der Waals surface area (Å²) in [7, 11) is -3.00. The van der Waals surface area contributed by atoms with Crippen LogP contribution in [-0.4, -0.2) is 38.6 Å². The SMILES string of the molecule is NCC(C1CCCCS1(=O)=O)N1CCc2ccccc21. The number of benzene rings is 1. The number of fused-ring (bicyclic) bond motifs is 1. The zero-order chi connectivity index (χ0) is 14.2. The van der Waals surface area contributed by atoms with Crippen molar-refractivity contribution in [2.75, 3.05) is 23.7 Å². The molecular formula is C15H22N2O2S. The lowest BCUT2D eigenvalue weighted by Crippen LogP contribution is -2.52. The van der Waals surface area contributed by atoms with Gasteiger partial charge in [-0.15, -0.1) is 0 Å². The lowest BCUT2D eigenvalue weighted by Gasteiger charge is -2.37. The maximum absolute atomic E-state index is 12.4. The molecule has 0 spiro atoms. The van der Waals surface area contributed by atoms with Crippen molar-refractivity contribution >= 4 is 15.5 Å². The fourth-order valence-electron chi connectivity index (χ4n) is 3.60. The molecule has 2 aliphatic rings. The van der Waals surface area contributed by atoms with E-state index in [1.54, 1.807) is 0 Å². The number of hydrogen-bond donors (Lipinski definition) is 1. The van der Waals surface area contributed by atoms with E-state index in [1.165, 1.54) is 11.3 Å². The number of para-hydroxylation sites is 1. The first-order valence-corrected chi connectivity index (χ1v) is 9.11. The lowest BCUT2D eigenvalue weighted by molar-refractivity contribution is 0.483. The summed E-state index contributed by atoms with van der Waals surface area (Å²) in [5, 5.41) is -0.299. The summed E-state index contributed by atoms with van der Waals surface area (Å²) in [5.41, 5.74) is 8.43. The Kier molecular flexibility index (Phi) is 3.73. The van der Waals surface area contributed by atoms with Gasteiger partial charge < -0.3 is 10.6 Å². The third kappa shape index (κ3) is 2.33. The van der Waals surface area contributed by atoms with E-state index < -0.39 is 9.84 Å². The molecule has 2 N–H and O–H groups in total. The fourth-order valence-corrected chi connectivity index (χ4v) is 5.77. The second-order valence-electron chi connectivity index (χ2n) is 5.78. The Hall–Kier alpha value is -1.07. The van der Waals surface area contributed by atoms with E-state index in [9.17, 15) is 8.42 Å². The molecule has 20 heavy (non-hydrogen) atoms. The van der Waals surface area contributed by atoms with Crippen LogP contribution in [0.1, 0.15) is 24.8 Å². The third-order valence-electron chi connectivity index (χ3n) is 4.62. The summed E-state index contributed by atoms with van der Waals surface area (Å²) in [4.78, 5) is 2.23. The van der Waals surface area contributed by atoms with Gasteiger partial charge in [-0.2, -0.15) is 0 Å². The number of nitrogens with two attached hydrogens (primary N) is 1. The minimum atomic E-state index is -3.00. The molecule has 0 bridgehead atoms. The highest BCUT2D eigenvalue weighted by molar-refractivity contribution is 7.92. The number of hydrogen-bond acceptors (Lipinski definition) is 4. The van der Waals surface area contributed by atoms with E-state index in [0.29, 0.717) is 12.3 Å². The Labute approximate surface area is 120 Å². The first-order chi connectivity index (χ1) is 9.63. The highest BCUT2D eigenvalue weighted by Crippen LogP contribution is 2.33. The zero-order valence-corrected chi connectivity index (χ0v) is 12.5. The molecule has 2 atom stereocenters. The summed E-state index contributed by atoms with van der Waals surface area (Å²) < 4.78 is 24.7. The topological polar surface area (TPSA) is 63.4 Å². The van der Waals surface area contributed by atoms with E-state index in [0.717, 1.165) is 32.2 Å². The summed E-state index contributed by atoms with van der Waals surface area (Å²) in [5.74, 6) is 0.323. The van der Waals surface area contributed by atoms with Gasteiger partial charge in [-0.1, -0.05) is 24.6 Å². The molecule has 0 radical (unpaired) electrons. The zero-order valence-electron chi connectivity index (χ0n) is 11.7. The molecule has 1 fully saturated rings. The van der Waals surface area contributed by atoms with Crippen molar-refractivity contribution in [2.24, 2.45) is 5.73 Å². The van der Waals surface area contributed by atoms with Crippen molar-refractivity contribution in [1.82, 2.24) is 0 Å². The van der Waals surface area contributed by atoms with Gasteiger partial charge >= 0.3 is 0 Å². The van der Waals surface area contributed by atoms with Crippen molar-refractivity contribution in [1.29, 1.82) is 0 Å². The van der Waals surface area contributed by atoms with Gasteiger partial charge in [0, 0.05) is 18.8 Å². The molecule has 2 heterocycles. The summed E-state index contributed by atoms with van der Waals surface area (Å²) in [6.07, 6.45) is 3.53. The molecule has 110 valence electrons. The third-order valence-corrected chi connectivity index (χ3v) is 6.95. The summed E-state index contributed by atoms with van der Waals surface area (Å²) in [6, 6.07) is 8.18. The Morgan fingerprint density at radius 1 is 1.30 bits per heavy atom. The van der Waals surface area contributed by atoms with Crippen LogP contribution in [0.15, 0.2) is 24.3 Å². The molecule has 1 aromatic rings. The average Bonchev–Trinajstić information content (AvgIpc) is 2.85. The predicted molar refractivity (Wildman–Crippen MR) is 81.8 cm³/mol. The summed E-state index contributed by atoms with van der Waals surface area (Å²) >= 11 is 0. The van der Waals surface area contributed by atoms with Crippen molar-refractivity contribution in [2.45, 2.75) is 37.0 Å². The van der Waals surface area contributed by atoms with Crippen molar-refractivity contribution in [3.63, 3.8) is 0 Å². The Morgan fingerprint density at radius 3 is 2.85 bits per heavy atom. The molecule has 0 amide bonds. The van der Waals surface area contributed by atoms with Crippen LogP contribution in [0.2, 0.25) is 0 Å². The van der Waals surface area contributed by atoms with Crippen LogP contribution in [0.25, 0.3) is 0 Å². The minimum absolute atomic E-state index is 0.0797. The fraction of sp³-hybridized carbons (Fsp3) is 0.600. The first-order valence-electron chi connectivity index (χ1n) is 7.39. The summed E-state index contributed by atoms with van der Waals surface area (Å²) in [6.45, 7) is 1.28. The van der Waals surface area contributed by atoms with Crippen molar-refractivity contribution in [3.05, 3.63) is 29.8 Å². The number of anilines is 1. The average molecular weight is 294 g/mol. The molecule has 5 heteroatoms. The van der Waals surface area contributed by atoms with E-state index in [1.807, 2.05) is 12.1 Å². The van der Waals surface area contributed by atoms with Gasteiger partial charge in [0.25, 0.3) is 0 Å². The molecule has 0 aromatic heterocycles. The highest BCUT2D eigenvalue weighted by Gasteiger charge is 2.39. The lowest BCUT2D eigenvalue weighted by atomic mass is 10.1. The van der Waals surface area contributed by atoms with E-state index in [2.05, 4.69) is 17.0 Å². The quantitative estimate of drug-likeness (QED) is 0.914. The van der Waals surface area contributed by atoms with Gasteiger partial charge in [0.2, 0.25) is 0 Å². The Bertz CT molecular complexity index is 585.